The van der Waals surface area contributed by atoms with Crippen molar-refractivity contribution in [1.29, 1.82) is 0 Å². The maximum atomic E-state index is 10.8. The van der Waals surface area contributed by atoms with Crippen LogP contribution in [0.1, 0.15) is 45.6 Å². The largest absolute Gasteiger partial charge is 0.295 e. The fourth-order valence-corrected chi connectivity index (χ4v) is 4.54. The molecule has 1 aliphatic carbocycles. The molecule has 21 heavy (non-hydrogen) atoms. The van der Waals surface area contributed by atoms with Crippen molar-refractivity contribution in [1.82, 2.24) is 0 Å². The first-order chi connectivity index (χ1) is 9.79. The molecular weight excluding hydrogens is 280 g/mol. The first kappa shape index (κ1) is 16.9. The van der Waals surface area contributed by atoms with Gasteiger partial charge in [-0.15, -0.1) is 0 Å². The summed E-state index contributed by atoms with van der Waals surface area (Å²) < 4.78 is 16.9. The van der Waals surface area contributed by atoms with E-state index in [-0.39, 0.29) is 6.10 Å². The van der Waals surface area contributed by atoms with Gasteiger partial charge in [-0.3, -0.25) is 8.74 Å². The van der Waals surface area contributed by atoms with Crippen molar-refractivity contribution in [3.63, 3.8) is 0 Å². The minimum atomic E-state index is -2.42. The van der Waals surface area contributed by atoms with Crippen molar-refractivity contribution < 1.29 is 8.74 Å². The van der Waals surface area contributed by atoms with Crippen molar-refractivity contribution in [3.05, 3.63) is 36.1 Å². The molecule has 0 aromatic heterocycles. The zero-order valence-electron chi connectivity index (χ0n) is 13.7. The number of benzene rings is 1. The number of hydrogen-bond acceptors (Lipinski definition) is 2. The molecule has 1 N–H and O–H groups in total. The molecule has 0 bridgehead atoms. The van der Waals surface area contributed by atoms with Crippen molar-refractivity contribution in [2.75, 3.05) is 0 Å². The van der Waals surface area contributed by atoms with Gasteiger partial charge in [-0.1, -0.05) is 44.9 Å². The average Bonchev–Trinajstić information content (AvgIpc) is 2.38. The monoisotopic (exact) mass is 309 g/mol. The molecule has 1 radical (unpaired) electrons. The fraction of sp³-hybridized carbons (Fsp3) is 0.611. The predicted octanol–water partition coefficient (Wildman–Crippen LogP) is 5.82. The predicted molar refractivity (Wildman–Crippen MR) is 91.2 cm³/mol. The quantitative estimate of drug-likeness (QED) is 0.760. The molecule has 1 aromatic carbocycles. The summed E-state index contributed by atoms with van der Waals surface area (Å²) in [5, 5.41) is 0. The summed E-state index contributed by atoms with van der Waals surface area (Å²) >= 11 is 0. The maximum Gasteiger partial charge on any atom is 0.0859 e. The Bertz CT molecular complexity index is 453. The minimum Gasteiger partial charge on any atom is -0.295 e. The van der Waals surface area contributed by atoms with Crippen LogP contribution >= 0.6 is 10.6 Å². The first-order valence-corrected chi connectivity index (χ1v) is 9.61. The van der Waals surface area contributed by atoms with Crippen molar-refractivity contribution in [2.45, 2.75) is 58.0 Å². The smallest absolute Gasteiger partial charge is 0.0859 e. The molecule has 1 aliphatic rings. The van der Waals surface area contributed by atoms with Crippen LogP contribution < -0.4 is 0 Å². The van der Waals surface area contributed by atoms with E-state index in [4.69, 9.17) is 4.18 Å². The highest BCUT2D eigenvalue weighted by atomic mass is 32.3. The third-order valence-corrected chi connectivity index (χ3v) is 6.21. The van der Waals surface area contributed by atoms with Crippen LogP contribution in [-0.2, 0) is 4.18 Å². The van der Waals surface area contributed by atoms with E-state index in [1.54, 1.807) is 0 Å². The number of hydrogen-bond donors (Lipinski definition) is 1. The van der Waals surface area contributed by atoms with Gasteiger partial charge in [-0.05, 0) is 49.7 Å². The van der Waals surface area contributed by atoms with Gasteiger partial charge < -0.3 is 0 Å². The van der Waals surface area contributed by atoms with Gasteiger partial charge in [0.05, 0.1) is 17.3 Å². The van der Waals surface area contributed by atoms with Crippen molar-refractivity contribution in [2.24, 2.45) is 17.8 Å². The van der Waals surface area contributed by atoms with E-state index >= 15 is 0 Å². The van der Waals surface area contributed by atoms with E-state index in [1.807, 2.05) is 31.2 Å². The van der Waals surface area contributed by atoms with Crippen molar-refractivity contribution in [3.8, 4) is 0 Å². The second-order valence-corrected chi connectivity index (χ2v) is 8.86. The Morgan fingerprint density at radius 2 is 1.86 bits per heavy atom. The van der Waals surface area contributed by atoms with Gasteiger partial charge in [-0.2, -0.15) is 10.6 Å². The summed E-state index contributed by atoms with van der Waals surface area (Å²) in [4.78, 5) is 0.814. The highest BCUT2D eigenvalue weighted by Gasteiger charge is 2.34. The van der Waals surface area contributed by atoms with Crippen LogP contribution in [0.15, 0.2) is 29.2 Å². The number of aryl methyl sites for hydroxylation is 1. The summed E-state index contributed by atoms with van der Waals surface area (Å²) in [6.07, 6.45) is 7.59. The third kappa shape index (κ3) is 4.24. The van der Waals surface area contributed by atoms with Gasteiger partial charge in [0.15, 0.2) is 0 Å². The summed E-state index contributed by atoms with van der Waals surface area (Å²) in [7, 11) is -2.42. The normalized spacial score (nSPS) is 30.9. The molecule has 0 aliphatic heterocycles. The Kier molecular flexibility index (Phi) is 5.39. The maximum absolute atomic E-state index is 10.8. The van der Waals surface area contributed by atoms with Gasteiger partial charge in [0, 0.05) is 0 Å². The van der Waals surface area contributed by atoms with Gasteiger partial charge in [0.1, 0.15) is 0 Å². The summed E-state index contributed by atoms with van der Waals surface area (Å²) in [5.41, 5.74) is 1.18. The highest BCUT2D eigenvalue weighted by Crippen LogP contribution is 2.55. The van der Waals surface area contributed by atoms with Gasteiger partial charge in [-0.25, -0.2) is 0 Å². The van der Waals surface area contributed by atoms with E-state index in [0.29, 0.717) is 17.8 Å². The van der Waals surface area contributed by atoms with Crippen LogP contribution in [0.5, 0.6) is 0 Å². The zero-order valence-corrected chi connectivity index (χ0v) is 14.5. The molecule has 0 heterocycles. The molecule has 119 valence electrons. The molecule has 0 spiro atoms. The lowest BCUT2D eigenvalue weighted by atomic mass is 9.75. The van der Waals surface area contributed by atoms with Crippen LogP contribution in [0.25, 0.3) is 0 Å². The second kappa shape index (κ2) is 6.72. The molecule has 1 unspecified atom stereocenters. The summed E-state index contributed by atoms with van der Waals surface area (Å²) in [5.74, 6) is 1.77. The molecule has 3 heteroatoms. The van der Waals surface area contributed by atoms with E-state index in [1.165, 1.54) is 18.4 Å². The Hall–Kier alpha value is -0.510. The minimum absolute atomic E-state index is 0.118. The second-order valence-electron chi connectivity index (χ2n) is 6.91. The number of rotatable bonds is 4. The Labute approximate surface area is 131 Å². The van der Waals surface area contributed by atoms with Crippen LogP contribution in [0.3, 0.4) is 0 Å². The van der Waals surface area contributed by atoms with E-state index in [9.17, 15) is 4.55 Å². The van der Waals surface area contributed by atoms with Crippen LogP contribution in [0.2, 0.25) is 0 Å². The average molecular weight is 309 g/mol. The van der Waals surface area contributed by atoms with E-state index in [0.717, 1.165) is 11.3 Å². The Balaban J connectivity index is 2.14. The highest BCUT2D eigenvalue weighted by molar-refractivity contribution is 8.26. The molecular formula is C18H29O2S. The third-order valence-electron chi connectivity index (χ3n) is 4.63. The molecule has 0 saturated heterocycles. The Morgan fingerprint density at radius 1 is 1.24 bits per heavy atom. The van der Waals surface area contributed by atoms with E-state index < -0.39 is 10.6 Å². The molecule has 0 amide bonds. The van der Waals surface area contributed by atoms with E-state index in [2.05, 4.69) is 27.0 Å². The summed E-state index contributed by atoms with van der Waals surface area (Å²) in [6.45, 7) is 8.82. The standard InChI is InChI=1S/C18H29O2S/c1-13(2)17-11-8-15(4)12-18(17)20-21(5,19)16-9-6-14(3)7-10-16/h6-7,9-10,13,15,17-19H,5,8,11-12H2,1-4H3/t15-,17+,18-/m1/s1. The zero-order chi connectivity index (χ0) is 15.6. The first-order valence-electron chi connectivity index (χ1n) is 7.93. The lowest BCUT2D eigenvalue weighted by Crippen LogP contribution is -2.34. The SMILES string of the molecule is [CH2]S(O)(O[C@@H]1C[C@H](C)CC[C@H]1C(C)C)c1ccc(C)cc1. The van der Waals surface area contributed by atoms with Crippen LogP contribution in [-0.4, -0.2) is 10.7 Å². The molecule has 1 saturated carbocycles. The molecule has 1 fully saturated rings. The van der Waals surface area contributed by atoms with Crippen LogP contribution in [0, 0.1) is 30.9 Å². The van der Waals surface area contributed by atoms with Crippen LogP contribution in [0.4, 0.5) is 0 Å². The Morgan fingerprint density at radius 3 is 2.43 bits per heavy atom. The molecule has 4 atom stereocenters. The van der Waals surface area contributed by atoms with Gasteiger partial charge in [0.25, 0.3) is 0 Å². The molecule has 1 aromatic rings. The lowest BCUT2D eigenvalue weighted by molar-refractivity contribution is 0.0511. The molecule has 2 rings (SSSR count). The molecule has 2 nitrogen and oxygen atoms in total. The topological polar surface area (TPSA) is 29.5 Å². The lowest BCUT2D eigenvalue weighted by Gasteiger charge is -2.44. The van der Waals surface area contributed by atoms with Crippen molar-refractivity contribution >= 4 is 10.6 Å². The van der Waals surface area contributed by atoms with Gasteiger partial charge >= 0.3 is 0 Å². The van der Waals surface area contributed by atoms with Gasteiger partial charge in [0.2, 0.25) is 0 Å². The summed E-state index contributed by atoms with van der Waals surface area (Å²) in [6, 6.07) is 7.89. The fourth-order valence-electron chi connectivity index (χ4n) is 3.24.